The Morgan fingerprint density at radius 3 is 2.24 bits per heavy atom. The third-order valence-electron chi connectivity index (χ3n) is 4.44. The summed E-state index contributed by atoms with van der Waals surface area (Å²) in [6.07, 6.45) is 1.10. The zero-order chi connectivity index (χ0) is 19.0. The van der Waals surface area contributed by atoms with E-state index < -0.39 is 12.0 Å². The van der Waals surface area contributed by atoms with Crippen LogP contribution in [0.3, 0.4) is 0 Å². The second-order valence-electron chi connectivity index (χ2n) is 6.45. The third-order valence-corrected chi connectivity index (χ3v) is 4.44. The number of ether oxygens (including phenoxy) is 2. The third kappa shape index (κ3) is 6.29. The number of rotatable bonds is 10. The molecule has 0 heterocycles. The topological polar surface area (TPSA) is 84.9 Å². The van der Waals surface area contributed by atoms with E-state index in [-0.39, 0.29) is 18.2 Å². The summed E-state index contributed by atoms with van der Waals surface area (Å²) in [5, 5.41) is 12.1. The van der Waals surface area contributed by atoms with Gasteiger partial charge in [0.15, 0.2) is 11.5 Å². The summed E-state index contributed by atoms with van der Waals surface area (Å²) in [5.74, 6) is 0.610. The van der Waals surface area contributed by atoms with Gasteiger partial charge in [0, 0.05) is 6.42 Å². The molecule has 0 radical (unpaired) electrons. The van der Waals surface area contributed by atoms with Crippen LogP contribution in [0.15, 0.2) is 18.2 Å². The van der Waals surface area contributed by atoms with Crippen LogP contribution in [0.1, 0.15) is 51.6 Å². The summed E-state index contributed by atoms with van der Waals surface area (Å²) >= 11 is 0. The predicted octanol–water partition coefficient (Wildman–Crippen LogP) is 3.41. The van der Waals surface area contributed by atoms with Crippen molar-refractivity contribution in [2.75, 3.05) is 14.2 Å². The lowest BCUT2D eigenvalue weighted by molar-refractivity contribution is -0.137. The van der Waals surface area contributed by atoms with Crippen molar-refractivity contribution >= 4 is 11.9 Å². The highest BCUT2D eigenvalue weighted by Gasteiger charge is 2.22. The number of amides is 1. The van der Waals surface area contributed by atoms with E-state index in [1.165, 1.54) is 14.2 Å². The van der Waals surface area contributed by atoms with Gasteiger partial charge >= 0.3 is 5.97 Å². The lowest BCUT2D eigenvalue weighted by Crippen LogP contribution is -2.32. The Balaban J connectivity index is 2.97. The molecule has 0 fully saturated rings. The van der Waals surface area contributed by atoms with E-state index in [0.717, 1.165) is 6.42 Å². The predicted molar refractivity (Wildman–Crippen MR) is 95.9 cm³/mol. The highest BCUT2D eigenvalue weighted by Crippen LogP contribution is 2.31. The van der Waals surface area contributed by atoms with Crippen molar-refractivity contribution in [1.29, 1.82) is 0 Å². The van der Waals surface area contributed by atoms with Gasteiger partial charge in [-0.15, -0.1) is 0 Å². The minimum Gasteiger partial charge on any atom is -0.493 e. The normalized spacial score (nSPS) is 13.2. The number of hydrogen-bond acceptors (Lipinski definition) is 4. The molecule has 2 atom stereocenters. The van der Waals surface area contributed by atoms with E-state index in [1.807, 2.05) is 0 Å². The maximum absolute atomic E-state index is 12.4. The van der Waals surface area contributed by atoms with E-state index in [4.69, 9.17) is 9.47 Å². The number of carboxylic acid groups (broad SMARTS) is 1. The number of nitrogens with one attached hydrogen (secondary N) is 1. The van der Waals surface area contributed by atoms with Crippen LogP contribution in [0.5, 0.6) is 11.5 Å². The summed E-state index contributed by atoms with van der Waals surface area (Å²) in [7, 11) is 3.05. The van der Waals surface area contributed by atoms with Gasteiger partial charge in [-0.05, 0) is 29.5 Å². The van der Waals surface area contributed by atoms with E-state index in [0.29, 0.717) is 29.4 Å². The monoisotopic (exact) mass is 351 g/mol. The minimum absolute atomic E-state index is 0.137. The highest BCUT2D eigenvalue weighted by molar-refractivity contribution is 5.78. The number of carbonyl (C=O) groups excluding carboxylic acids is 1. The van der Waals surface area contributed by atoms with Crippen LogP contribution in [0.4, 0.5) is 0 Å². The summed E-state index contributed by atoms with van der Waals surface area (Å²) in [5.41, 5.74) is 0.672. The molecule has 0 aliphatic rings. The molecule has 0 saturated heterocycles. The van der Waals surface area contributed by atoms with Crippen LogP contribution in [0, 0.1) is 11.8 Å². The van der Waals surface area contributed by atoms with Crippen LogP contribution < -0.4 is 14.8 Å². The second kappa shape index (κ2) is 9.91. The van der Waals surface area contributed by atoms with E-state index >= 15 is 0 Å². The lowest BCUT2D eigenvalue weighted by atomic mass is 9.89. The molecule has 140 valence electrons. The molecule has 1 aromatic rings. The fraction of sp³-hybridized carbons (Fsp3) is 0.579. The van der Waals surface area contributed by atoms with E-state index in [2.05, 4.69) is 26.1 Å². The molecule has 0 aromatic heterocycles. The average molecular weight is 351 g/mol. The lowest BCUT2D eigenvalue weighted by Gasteiger charge is -2.22. The molecule has 2 unspecified atom stereocenters. The molecular weight excluding hydrogens is 322 g/mol. The van der Waals surface area contributed by atoms with Gasteiger partial charge in [0.25, 0.3) is 0 Å². The van der Waals surface area contributed by atoms with Crippen molar-refractivity contribution in [2.24, 2.45) is 11.8 Å². The number of hydrogen-bond donors (Lipinski definition) is 2. The minimum atomic E-state index is -0.976. The molecule has 1 amide bonds. The maximum Gasteiger partial charge on any atom is 0.305 e. The number of aliphatic carboxylic acids is 1. The maximum atomic E-state index is 12.4. The number of carbonyl (C=O) groups is 2. The summed E-state index contributed by atoms with van der Waals surface area (Å²) in [4.78, 5) is 23.6. The van der Waals surface area contributed by atoms with Crippen molar-refractivity contribution in [3.05, 3.63) is 23.8 Å². The van der Waals surface area contributed by atoms with Crippen LogP contribution in [0.2, 0.25) is 0 Å². The zero-order valence-electron chi connectivity index (χ0n) is 15.7. The molecule has 1 rings (SSSR count). The van der Waals surface area contributed by atoms with Crippen molar-refractivity contribution < 1.29 is 24.2 Å². The molecule has 0 aliphatic heterocycles. The molecule has 1 aromatic carbocycles. The Hall–Kier alpha value is -2.24. The standard InChI is InChI=1S/C19H29NO5/c1-6-13(12(2)3)10-18(21)20-15(11-19(22)23)14-7-8-16(24-4)17(9-14)25-5/h7-9,12-13,15H,6,10-11H2,1-5H3,(H,20,21)(H,22,23). The Morgan fingerprint density at radius 2 is 1.76 bits per heavy atom. The van der Waals surface area contributed by atoms with Crippen molar-refractivity contribution in [1.82, 2.24) is 5.32 Å². The van der Waals surface area contributed by atoms with Gasteiger partial charge in [-0.2, -0.15) is 0 Å². The summed E-state index contributed by atoms with van der Waals surface area (Å²) < 4.78 is 10.5. The van der Waals surface area contributed by atoms with Gasteiger partial charge in [0.2, 0.25) is 5.91 Å². The summed E-state index contributed by atoms with van der Waals surface area (Å²) in [6, 6.07) is 4.54. The first-order valence-corrected chi connectivity index (χ1v) is 8.55. The van der Waals surface area contributed by atoms with Gasteiger partial charge in [-0.25, -0.2) is 0 Å². The van der Waals surface area contributed by atoms with Crippen LogP contribution >= 0.6 is 0 Å². The molecule has 0 bridgehead atoms. The number of carboxylic acids is 1. The summed E-state index contributed by atoms with van der Waals surface area (Å²) in [6.45, 7) is 6.23. The Kier molecular flexibility index (Phi) is 8.25. The first kappa shape index (κ1) is 20.8. The zero-order valence-corrected chi connectivity index (χ0v) is 15.7. The largest absolute Gasteiger partial charge is 0.493 e. The van der Waals surface area contributed by atoms with E-state index in [1.54, 1.807) is 18.2 Å². The molecule has 0 spiro atoms. The van der Waals surface area contributed by atoms with Crippen molar-refractivity contribution in [2.45, 2.75) is 46.1 Å². The molecule has 25 heavy (non-hydrogen) atoms. The van der Waals surface area contributed by atoms with Gasteiger partial charge in [-0.1, -0.05) is 33.3 Å². The molecule has 0 saturated carbocycles. The van der Waals surface area contributed by atoms with Crippen LogP contribution in [-0.2, 0) is 9.59 Å². The smallest absolute Gasteiger partial charge is 0.305 e. The Bertz CT molecular complexity index is 585. The number of methoxy groups -OCH3 is 2. The SMILES string of the molecule is CCC(CC(=O)NC(CC(=O)O)c1ccc(OC)c(OC)c1)C(C)C. The molecule has 0 aliphatic carbocycles. The van der Waals surface area contributed by atoms with Gasteiger partial charge in [-0.3, -0.25) is 9.59 Å². The van der Waals surface area contributed by atoms with Gasteiger partial charge < -0.3 is 19.9 Å². The molecular formula is C19H29NO5. The fourth-order valence-corrected chi connectivity index (χ4v) is 2.84. The van der Waals surface area contributed by atoms with Crippen molar-refractivity contribution in [3.63, 3.8) is 0 Å². The second-order valence-corrected chi connectivity index (χ2v) is 6.45. The first-order valence-electron chi connectivity index (χ1n) is 8.55. The fourth-order valence-electron chi connectivity index (χ4n) is 2.84. The van der Waals surface area contributed by atoms with Gasteiger partial charge in [0.05, 0.1) is 26.7 Å². The van der Waals surface area contributed by atoms with Crippen LogP contribution in [-0.4, -0.2) is 31.2 Å². The van der Waals surface area contributed by atoms with E-state index in [9.17, 15) is 14.7 Å². The van der Waals surface area contributed by atoms with Gasteiger partial charge in [0.1, 0.15) is 0 Å². The molecule has 2 N–H and O–H groups in total. The number of benzene rings is 1. The van der Waals surface area contributed by atoms with Crippen LogP contribution in [0.25, 0.3) is 0 Å². The average Bonchev–Trinajstić information content (AvgIpc) is 2.57. The molecule has 6 heteroatoms. The quantitative estimate of drug-likeness (QED) is 0.675. The Morgan fingerprint density at radius 1 is 1.12 bits per heavy atom. The highest BCUT2D eigenvalue weighted by atomic mass is 16.5. The Labute approximate surface area is 149 Å². The van der Waals surface area contributed by atoms with Crippen molar-refractivity contribution in [3.8, 4) is 11.5 Å². The molecule has 6 nitrogen and oxygen atoms in total. The first-order chi connectivity index (χ1) is 11.8.